The van der Waals surface area contributed by atoms with Crippen LogP contribution in [0.1, 0.15) is 32.1 Å². The van der Waals surface area contributed by atoms with Crippen LogP contribution in [0.3, 0.4) is 0 Å². The highest BCUT2D eigenvalue weighted by Crippen LogP contribution is 2.59. The van der Waals surface area contributed by atoms with Crippen LogP contribution in [0.15, 0.2) is 11.6 Å². The van der Waals surface area contributed by atoms with E-state index in [1.807, 2.05) is 0 Å². The lowest BCUT2D eigenvalue weighted by Crippen LogP contribution is -2.40. The van der Waals surface area contributed by atoms with Crippen molar-refractivity contribution in [2.45, 2.75) is 36.4 Å². The maximum Gasteiger partial charge on any atom is 0.150 e. The first-order valence-corrected chi connectivity index (χ1v) is 5.94. The first-order valence-electron chi connectivity index (χ1n) is 5.14. The Bertz CT molecular complexity index is 307. The van der Waals surface area contributed by atoms with Gasteiger partial charge in [-0.3, -0.25) is 4.79 Å². The molecule has 3 aliphatic carbocycles. The van der Waals surface area contributed by atoms with Gasteiger partial charge in [0.25, 0.3) is 0 Å². The Morgan fingerprint density at radius 3 is 3.15 bits per heavy atom. The van der Waals surface area contributed by atoms with Crippen molar-refractivity contribution in [1.29, 1.82) is 0 Å². The van der Waals surface area contributed by atoms with E-state index < -0.39 is 0 Å². The number of alkyl halides is 1. The molecule has 0 aliphatic heterocycles. The minimum atomic E-state index is -0.141. The van der Waals surface area contributed by atoms with Crippen LogP contribution in [0.4, 0.5) is 0 Å². The summed E-state index contributed by atoms with van der Waals surface area (Å²) < 4.78 is -0.141. The van der Waals surface area contributed by atoms with Crippen molar-refractivity contribution < 1.29 is 4.79 Å². The average Bonchev–Trinajstić information content (AvgIpc) is 2.27. The monoisotopic (exact) mass is 240 g/mol. The molecule has 0 heterocycles. The van der Waals surface area contributed by atoms with Gasteiger partial charge in [0.2, 0.25) is 0 Å². The van der Waals surface area contributed by atoms with Crippen LogP contribution in [-0.4, -0.2) is 10.1 Å². The maximum atomic E-state index is 11.9. The van der Waals surface area contributed by atoms with Crippen LogP contribution in [0.2, 0.25) is 0 Å². The molecule has 2 fully saturated rings. The highest BCUT2D eigenvalue weighted by Gasteiger charge is 2.56. The van der Waals surface area contributed by atoms with E-state index in [4.69, 9.17) is 0 Å². The second-order valence-corrected chi connectivity index (χ2v) is 5.98. The van der Waals surface area contributed by atoms with Gasteiger partial charge in [0, 0.05) is 12.3 Å². The summed E-state index contributed by atoms with van der Waals surface area (Å²) in [4.78, 5) is 11.9. The fourth-order valence-corrected chi connectivity index (χ4v) is 4.32. The van der Waals surface area contributed by atoms with Crippen LogP contribution in [-0.2, 0) is 4.79 Å². The molecule has 3 rings (SSSR count). The van der Waals surface area contributed by atoms with Crippen molar-refractivity contribution in [1.82, 2.24) is 0 Å². The lowest BCUT2D eigenvalue weighted by atomic mass is 9.72. The zero-order valence-electron chi connectivity index (χ0n) is 7.55. The molecule has 2 heteroatoms. The SMILES string of the molecule is O=C1CCCC2=C[C@H]3CC[C@]1(Br)[C@@H]23. The molecule has 0 aromatic rings. The minimum absolute atomic E-state index is 0.141. The van der Waals surface area contributed by atoms with E-state index >= 15 is 0 Å². The third-order valence-corrected chi connectivity index (χ3v) is 5.26. The van der Waals surface area contributed by atoms with E-state index in [0.717, 1.165) is 25.2 Å². The van der Waals surface area contributed by atoms with E-state index in [1.54, 1.807) is 5.57 Å². The molecule has 13 heavy (non-hydrogen) atoms. The maximum absolute atomic E-state index is 11.9. The molecule has 0 bridgehead atoms. The molecule has 0 aromatic heterocycles. The van der Waals surface area contributed by atoms with Gasteiger partial charge in [0.1, 0.15) is 5.78 Å². The van der Waals surface area contributed by atoms with Gasteiger partial charge in [-0.05, 0) is 31.6 Å². The number of carbonyl (C=O) groups excluding carboxylic acids is 1. The van der Waals surface area contributed by atoms with Gasteiger partial charge in [0.05, 0.1) is 4.32 Å². The van der Waals surface area contributed by atoms with Gasteiger partial charge in [-0.25, -0.2) is 0 Å². The van der Waals surface area contributed by atoms with E-state index in [9.17, 15) is 4.79 Å². The lowest BCUT2D eigenvalue weighted by Gasteiger charge is -2.36. The third-order valence-electron chi connectivity index (χ3n) is 3.92. The topological polar surface area (TPSA) is 17.1 Å². The molecule has 0 amide bonds. The average molecular weight is 241 g/mol. The van der Waals surface area contributed by atoms with Crippen LogP contribution < -0.4 is 0 Å². The standard InChI is InChI=1S/C11H13BrO/c12-11-5-4-8-6-7(10(8)11)2-1-3-9(11)13/h6,8,10H,1-5H2/t8-,10+,11-/m1/s1. The highest BCUT2D eigenvalue weighted by molar-refractivity contribution is 9.10. The summed E-state index contributed by atoms with van der Waals surface area (Å²) in [5, 5.41) is 0. The second kappa shape index (κ2) is 2.47. The fraction of sp³-hybridized carbons (Fsp3) is 0.727. The molecule has 1 nitrogen and oxygen atoms in total. The number of rotatable bonds is 0. The summed E-state index contributed by atoms with van der Waals surface area (Å²) in [6, 6.07) is 0. The summed E-state index contributed by atoms with van der Waals surface area (Å²) in [5.74, 6) is 1.75. The Kier molecular flexibility index (Phi) is 1.56. The lowest BCUT2D eigenvalue weighted by molar-refractivity contribution is -0.121. The van der Waals surface area contributed by atoms with Crippen molar-refractivity contribution >= 4 is 21.7 Å². The summed E-state index contributed by atoms with van der Waals surface area (Å²) >= 11 is 3.72. The molecule has 0 unspecified atom stereocenters. The van der Waals surface area contributed by atoms with Crippen LogP contribution in [0.25, 0.3) is 0 Å². The molecule has 2 saturated carbocycles. The van der Waals surface area contributed by atoms with Crippen molar-refractivity contribution in [3.8, 4) is 0 Å². The van der Waals surface area contributed by atoms with E-state index in [2.05, 4.69) is 22.0 Å². The molecule has 0 N–H and O–H groups in total. The predicted molar refractivity (Wildman–Crippen MR) is 54.8 cm³/mol. The van der Waals surface area contributed by atoms with Crippen molar-refractivity contribution in [3.05, 3.63) is 11.6 Å². The van der Waals surface area contributed by atoms with Gasteiger partial charge in [-0.1, -0.05) is 27.6 Å². The smallest absolute Gasteiger partial charge is 0.150 e. The number of allylic oxidation sites excluding steroid dienone is 2. The molecule has 0 spiro atoms. The van der Waals surface area contributed by atoms with Gasteiger partial charge in [-0.2, -0.15) is 0 Å². The third kappa shape index (κ3) is 0.903. The molecule has 0 aromatic carbocycles. The molecule has 0 saturated heterocycles. The summed E-state index contributed by atoms with van der Waals surface area (Å²) in [6.07, 6.45) is 7.70. The fourth-order valence-electron chi connectivity index (χ4n) is 3.26. The first kappa shape index (κ1) is 8.22. The summed E-state index contributed by atoms with van der Waals surface area (Å²) in [6.45, 7) is 0. The van der Waals surface area contributed by atoms with Crippen molar-refractivity contribution in [2.24, 2.45) is 11.8 Å². The predicted octanol–water partition coefficient (Wildman–Crippen LogP) is 2.84. The Labute approximate surface area is 86.7 Å². The molecule has 0 radical (unpaired) electrons. The molecular formula is C11H13BrO. The molecule has 3 atom stereocenters. The number of carbonyl (C=O) groups is 1. The van der Waals surface area contributed by atoms with Crippen molar-refractivity contribution in [3.63, 3.8) is 0 Å². The van der Waals surface area contributed by atoms with Gasteiger partial charge >= 0.3 is 0 Å². The van der Waals surface area contributed by atoms with Crippen LogP contribution >= 0.6 is 15.9 Å². The van der Waals surface area contributed by atoms with E-state index in [-0.39, 0.29) is 4.32 Å². The quantitative estimate of drug-likeness (QED) is 0.470. The van der Waals surface area contributed by atoms with E-state index in [1.165, 1.54) is 12.8 Å². The summed E-state index contributed by atoms with van der Waals surface area (Å²) in [7, 11) is 0. The largest absolute Gasteiger partial charge is 0.298 e. The minimum Gasteiger partial charge on any atom is -0.298 e. The Morgan fingerprint density at radius 1 is 1.46 bits per heavy atom. The number of ketones is 1. The van der Waals surface area contributed by atoms with Gasteiger partial charge < -0.3 is 0 Å². The Balaban J connectivity index is 2.06. The number of hydrogen-bond acceptors (Lipinski definition) is 1. The van der Waals surface area contributed by atoms with E-state index in [0.29, 0.717) is 11.7 Å². The molecule has 3 aliphatic rings. The normalized spacial score (nSPS) is 47.8. The van der Waals surface area contributed by atoms with Crippen LogP contribution in [0, 0.1) is 11.8 Å². The van der Waals surface area contributed by atoms with Crippen molar-refractivity contribution in [2.75, 3.05) is 0 Å². The highest BCUT2D eigenvalue weighted by atomic mass is 79.9. The Hall–Kier alpha value is -0.110. The van der Waals surface area contributed by atoms with Crippen LogP contribution in [0.5, 0.6) is 0 Å². The first-order chi connectivity index (χ1) is 6.22. The van der Waals surface area contributed by atoms with Gasteiger partial charge in [0.15, 0.2) is 0 Å². The van der Waals surface area contributed by atoms with Gasteiger partial charge in [-0.15, -0.1) is 0 Å². The zero-order chi connectivity index (χ0) is 9.05. The molecule has 70 valence electrons. The zero-order valence-corrected chi connectivity index (χ0v) is 9.14. The summed E-state index contributed by atoms with van der Waals surface area (Å²) in [5.41, 5.74) is 1.56. The number of Topliss-reactive ketones (excluding diaryl/α,β-unsaturated/α-hetero) is 1. The molecular weight excluding hydrogens is 228 g/mol. The Morgan fingerprint density at radius 2 is 2.31 bits per heavy atom. The second-order valence-electron chi connectivity index (χ2n) is 4.56. The number of hydrogen-bond donors (Lipinski definition) is 0. The number of halogens is 1.